The molecular weight excluding hydrogens is 296 g/mol. The summed E-state index contributed by atoms with van der Waals surface area (Å²) in [6.07, 6.45) is 16.9. The third-order valence-corrected chi connectivity index (χ3v) is 7.57. The van der Waals surface area contributed by atoms with Crippen LogP contribution in [0.25, 0.3) is 0 Å². The molecular formula is C22H40O2. The van der Waals surface area contributed by atoms with Gasteiger partial charge in [0.15, 0.2) is 0 Å². The molecule has 2 heteroatoms. The first-order chi connectivity index (χ1) is 11.5. The Morgan fingerprint density at radius 3 is 2.54 bits per heavy atom. The summed E-state index contributed by atoms with van der Waals surface area (Å²) in [4.78, 5) is 0. The van der Waals surface area contributed by atoms with Gasteiger partial charge in [0.2, 0.25) is 0 Å². The Labute approximate surface area is 150 Å². The molecule has 0 radical (unpaired) electrons. The summed E-state index contributed by atoms with van der Waals surface area (Å²) in [6, 6.07) is 0. The van der Waals surface area contributed by atoms with Crippen LogP contribution in [0.15, 0.2) is 0 Å². The van der Waals surface area contributed by atoms with Gasteiger partial charge in [-0.25, -0.2) is 0 Å². The quantitative estimate of drug-likeness (QED) is 0.393. The summed E-state index contributed by atoms with van der Waals surface area (Å²) < 4.78 is 11.9. The highest BCUT2D eigenvalue weighted by molar-refractivity contribution is 5.05. The van der Waals surface area contributed by atoms with Gasteiger partial charge in [0.25, 0.3) is 0 Å². The Bertz CT molecular complexity index is 409. The highest BCUT2D eigenvalue weighted by Gasteiger charge is 2.56. The van der Waals surface area contributed by atoms with Gasteiger partial charge in [-0.05, 0) is 76.5 Å². The summed E-state index contributed by atoms with van der Waals surface area (Å²) in [7, 11) is 1.92. The van der Waals surface area contributed by atoms with Crippen molar-refractivity contribution < 1.29 is 9.47 Å². The van der Waals surface area contributed by atoms with E-state index in [1.807, 2.05) is 7.11 Å². The van der Waals surface area contributed by atoms with Gasteiger partial charge in [-0.2, -0.15) is 0 Å². The van der Waals surface area contributed by atoms with Crippen LogP contribution in [-0.2, 0) is 9.47 Å². The van der Waals surface area contributed by atoms with Crippen LogP contribution < -0.4 is 0 Å². The van der Waals surface area contributed by atoms with E-state index in [1.54, 1.807) is 0 Å². The minimum atomic E-state index is 0.127. The zero-order valence-electron chi connectivity index (χ0n) is 16.6. The third kappa shape index (κ3) is 4.18. The Hall–Kier alpha value is -0.0800. The minimum Gasteiger partial charge on any atom is -0.379 e. The van der Waals surface area contributed by atoms with Crippen molar-refractivity contribution in [2.24, 2.45) is 17.8 Å². The van der Waals surface area contributed by atoms with Crippen molar-refractivity contribution in [2.75, 3.05) is 7.11 Å². The maximum Gasteiger partial charge on any atom is 0.0923 e. The zero-order valence-corrected chi connectivity index (χ0v) is 16.6. The number of hydrogen-bond donors (Lipinski definition) is 0. The average Bonchev–Trinajstić information content (AvgIpc) is 3.25. The van der Waals surface area contributed by atoms with E-state index in [0.717, 1.165) is 17.8 Å². The van der Waals surface area contributed by atoms with E-state index in [4.69, 9.17) is 9.47 Å². The normalized spacial score (nSPS) is 43.2. The van der Waals surface area contributed by atoms with E-state index in [-0.39, 0.29) is 11.2 Å². The van der Waals surface area contributed by atoms with Gasteiger partial charge >= 0.3 is 0 Å². The monoisotopic (exact) mass is 336 g/mol. The molecule has 0 aromatic heterocycles. The van der Waals surface area contributed by atoms with Gasteiger partial charge in [0.05, 0.1) is 17.3 Å². The van der Waals surface area contributed by atoms with E-state index in [0.29, 0.717) is 6.10 Å². The molecule has 0 bridgehead atoms. The van der Waals surface area contributed by atoms with Crippen LogP contribution in [-0.4, -0.2) is 24.4 Å². The minimum absolute atomic E-state index is 0.127. The fourth-order valence-electron chi connectivity index (χ4n) is 5.90. The summed E-state index contributed by atoms with van der Waals surface area (Å²) in [5.41, 5.74) is 0.367. The Morgan fingerprint density at radius 2 is 1.83 bits per heavy atom. The van der Waals surface area contributed by atoms with Crippen molar-refractivity contribution in [1.29, 1.82) is 0 Å². The lowest BCUT2D eigenvalue weighted by Gasteiger charge is -2.44. The molecule has 2 saturated carbocycles. The molecule has 0 aromatic carbocycles. The summed E-state index contributed by atoms with van der Waals surface area (Å²) >= 11 is 0. The number of rotatable bonds is 8. The van der Waals surface area contributed by atoms with Crippen molar-refractivity contribution in [1.82, 2.24) is 0 Å². The molecule has 0 aromatic rings. The standard InChI is InChI=1S/C22H40O2/c1-5-6-7-8-11-19(17-10-9-14-21(2,15-17)23-4)18-12-13-20-22(3,16-18)24-20/h17-20H,5-16H2,1-4H3. The van der Waals surface area contributed by atoms with Crippen LogP contribution in [0.4, 0.5) is 0 Å². The molecule has 3 rings (SSSR count). The van der Waals surface area contributed by atoms with Crippen LogP contribution in [0.1, 0.15) is 97.8 Å². The van der Waals surface area contributed by atoms with E-state index < -0.39 is 0 Å². The average molecular weight is 337 g/mol. The fraction of sp³-hybridized carbons (Fsp3) is 1.00. The molecule has 24 heavy (non-hydrogen) atoms. The number of unbranched alkanes of at least 4 members (excludes halogenated alkanes) is 3. The van der Waals surface area contributed by atoms with Gasteiger partial charge in [-0.15, -0.1) is 0 Å². The van der Waals surface area contributed by atoms with Crippen molar-refractivity contribution in [3.63, 3.8) is 0 Å². The molecule has 1 heterocycles. The van der Waals surface area contributed by atoms with Crippen LogP contribution in [0.2, 0.25) is 0 Å². The molecule has 6 unspecified atom stereocenters. The fourth-order valence-corrected chi connectivity index (χ4v) is 5.90. The molecule has 0 N–H and O–H groups in total. The number of ether oxygens (including phenoxy) is 2. The predicted molar refractivity (Wildman–Crippen MR) is 100 cm³/mol. The highest BCUT2D eigenvalue weighted by Crippen LogP contribution is 2.54. The van der Waals surface area contributed by atoms with Crippen LogP contribution in [0.3, 0.4) is 0 Å². The maximum absolute atomic E-state index is 6.01. The first kappa shape index (κ1) is 18.7. The van der Waals surface area contributed by atoms with Crippen molar-refractivity contribution in [2.45, 2.75) is 115 Å². The molecule has 3 fully saturated rings. The van der Waals surface area contributed by atoms with E-state index in [1.165, 1.54) is 77.0 Å². The van der Waals surface area contributed by atoms with Crippen LogP contribution in [0, 0.1) is 17.8 Å². The lowest BCUT2D eigenvalue weighted by Crippen LogP contribution is -2.40. The van der Waals surface area contributed by atoms with E-state index >= 15 is 0 Å². The summed E-state index contributed by atoms with van der Waals surface area (Å²) in [5, 5.41) is 0. The second-order valence-corrected chi connectivity index (χ2v) is 9.48. The van der Waals surface area contributed by atoms with Gasteiger partial charge < -0.3 is 9.47 Å². The predicted octanol–water partition coefficient (Wildman–Crippen LogP) is 6.13. The molecule has 2 nitrogen and oxygen atoms in total. The van der Waals surface area contributed by atoms with E-state index in [9.17, 15) is 0 Å². The second kappa shape index (κ2) is 7.66. The largest absolute Gasteiger partial charge is 0.379 e. The number of epoxide rings is 1. The summed E-state index contributed by atoms with van der Waals surface area (Å²) in [6.45, 7) is 7.02. The van der Waals surface area contributed by atoms with Crippen molar-refractivity contribution in [3.8, 4) is 0 Å². The number of hydrogen-bond acceptors (Lipinski definition) is 2. The van der Waals surface area contributed by atoms with Crippen molar-refractivity contribution >= 4 is 0 Å². The lowest BCUT2D eigenvalue weighted by molar-refractivity contribution is -0.0562. The second-order valence-electron chi connectivity index (χ2n) is 9.48. The smallest absolute Gasteiger partial charge is 0.0923 e. The zero-order chi connectivity index (χ0) is 17.2. The van der Waals surface area contributed by atoms with Crippen LogP contribution in [0.5, 0.6) is 0 Å². The first-order valence-electron chi connectivity index (χ1n) is 10.7. The first-order valence-corrected chi connectivity index (χ1v) is 10.7. The maximum atomic E-state index is 6.01. The van der Waals surface area contributed by atoms with Gasteiger partial charge in [0.1, 0.15) is 0 Å². The number of fused-ring (bicyclic) bond motifs is 1. The topological polar surface area (TPSA) is 21.8 Å². The highest BCUT2D eigenvalue weighted by atomic mass is 16.6. The molecule has 3 aliphatic rings. The number of methoxy groups -OCH3 is 1. The molecule has 1 saturated heterocycles. The molecule has 6 atom stereocenters. The van der Waals surface area contributed by atoms with Gasteiger partial charge in [-0.1, -0.05) is 39.0 Å². The third-order valence-electron chi connectivity index (χ3n) is 7.57. The lowest BCUT2D eigenvalue weighted by atomic mass is 9.64. The molecule has 0 spiro atoms. The Morgan fingerprint density at radius 1 is 1.04 bits per heavy atom. The molecule has 140 valence electrons. The van der Waals surface area contributed by atoms with E-state index in [2.05, 4.69) is 20.8 Å². The van der Waals surface area contributed by atoms with Crippen molar-refractivity contribution in [3.05, 3.63) is 0 Å². The molecule has 1 aliphatic heterocycles. The van der Waals surface area contributed by atoms with Crippen LogP contribution >= 0.6 is 0 Å². The SMILES string of the molecule is CCCCCCC(C1CCCC(C)(OC)C1)C1CCC2OC2(C)C1. The Kier molecular flexibility index (Phi) is 5.97. The Balaban J connectivity index is 1.64. The summed E-state index contributed by atoms with van der Waals surface area (Å²) in [5.74, 6) is 2.66. The van der Waals surface area contributed by atoms with Gasteiger partial charge in [0, 0.05) is 7.11 Å². The molecule has 2 aliphatic carbocycles. The van der Waals surface area contributed by atoms with Gasteiger partial charge in [-0.3, -0.25) is 0 Å². The molecule has 0 amide bonds.